The maximum absolute atomic E-state index is 8.74. The lowest BCUT2D eigenvalue weighted by atomic mass is 10.3. The van der Waals surface area contributed by atoms with E-state index in [4.69, 9.17) is 34.7 Å². The molecule has 0 atom stereocenters. The van der Waals surface area contributed by atoms with Crippen LogP contribution >= 0.6 is 0 Å². The number of hydrogen-bond acceptors (Lipinski definition) is 4. The van der Waals surface area contributed by atoms with Gasteiger partial charge in [0.1, 0.15) is 0 Å². The first-order valence-corrected chi connectivity index (χ1v) is 5.12. The summed E-state index contributed by atoms with van der Waals surface area (Å²) in [7, 11) is -4.67. The van der Waals surface area contributed by atoms with E-state index in [1.54, 1.807) is 0 Å². The summed E-state index contributed by atoms with van der Waals surface area (Å²) in [4.78, 5) is 3.78. The molecule has 0 rings (SSSR count). The molecule has 0 unspecified atom stereocenters. The van der Waals surface area contributed by atoms with Crippen molar-refractivity contribution in [1.29, 1.82) is 0 Å². The molecule has 0 fully saturated rings. The predicted octanol–water partition coefficient (Wildman–Crippen LogP) is -1.65. The number of unbranched alkanes of at least 4 members (excludes halogenated alkanes) is 1. The zero-order valence-corrected chi connectivity index (χ0v) is 8.44. The van der Waals surface area contributed by atoms with E-state index >= 15 is 0 Å². The maximum Gasteiger partial charge on any atom is 0.394 e. The fourth-order valence-electron chi connectivity index (χ4n) is 0.464. The Balaban J connectivity index is 0. The molecule has 0 aromatic rings. The lowest BCUT2D eigenvalue weighted by Crippen LogP contribution is -2.23. The molecule has 0 saturated carbocycles. The van der Waals surface area contributed by atoms with Crippen LogP contribution in [0.5, 0.6) is 0 Å². The molecular weight excluding hydrogens is 215 g/mol. The van der Waals surface area contributed by atoms with Gasteiger partial charge in [0, 0.05) is 6.54 Å². The monoisotopic (exact) mass is 231 g/mol. The minimum atomic E-state index is -4.67. The van der Waals surface area contributed by atoms with Crippen LogP contribution in [-0.2, 0) is 10.4 Å². The second-order valence-electron chi connectivity index (χ2n) is 2.25. The first kappa shape index (κ1) is 15.6. The fourth-order valence-corrected chi connectivity index (χ4v) is 0.464. The average Bonchev–Trinajstić information content (AvgIpc) is 1.94. The molecule has 14 heavy (non-hydrogen) atoms. The summed E-state index contributed by atoms with van der Waals surface area (Å²) in [5, 5.41) is 0. The Morgan fingerprint density at radius 1 is 1.21 bits per heavy atom. The van der Waals surface area contributed by atoms with E-state index in [9.17, 15) is 0 Å². The van der Waals surface area contributed by atoms with Crippen molar-refractivity contribution in [2.75, 3.05) is 13.1 Å². The van der Waals surface area contributed by atoms with Gasteiger partial charge >= 0.3 is 10.4 Å². The Kier molecular flexibility index (Phi) is 9.66. The molecule has 0 aliphatic carbocycles. The summed E-state index contributed by atoms with van der Waals surface area (Å²) in [6, 6.07) is 0. The average molecular weight is 231 g/mol. The van der Waals surface area contributed by atoms with Gasteiger partial charge in [0.25, 0.3) is 0 Å². The van der Waals surface area contributed by atoms with E-state index in [1.807, 2.05) is 0 Å². The van der Waals surface area contributed by atoms with Crippen LogP contribution < -0.4 is 17.2 Å². The van der Waals surface area contributed by atoms with E-state index in [0.717, 1.165) is 12.8 Å². The van der Waals surface area contributed by atoms with Gasteiger partial charge in [-0.15, -0.1) is 0 Å². The normalized spacial score (nSPS) is 9.93. The molecule has 86 valence electrons. The molecule has 8 nitrogen and oxygen atoms in total. The van der Waals surface area contributed by atoms with Crippen LogP contribution in [0.25, 0.3) is 0 Å². The van der Waals surface area contributed by atoms with E-state index in [2.05, 4.69) is 4.99 Å². The zero-order valence-electron chi connectivity index (χ0n) is 7.63. The molecule has 0 aromatic carbocycles. The molecule has 0 aliphatic heterocycles. The third kappa shape index (κ3) is 43.5. The molecule has 0 aromatic heterocycles. The second kappa shape index (κ2) is 8.69. The van der Waals surface area contributed by atoms with Crippen molar-refractivity contribution in [3.05, 3.63) is 0 Å². The van der Waals surface area contributed by atoms with Crippen LogP contribution in [0.15, 0.2) is 4.99 Å². The molecule has 9 heteroatoms. The number of hydrogen-bond donors (Lipinski definition) is 5. The molecule has 0 radical (unpaired) electrons. The van der Waals surface area contributed by atoms with E-state index in [1.165, 1.54) is 0 Å². The molecule has 0 spiro atoms. The Morgan fingerprint density at radius 2 is 1.64 bits per heavy atom. The zero-order chi connectivity index (χ0) is 11.6. The fraction of sp³-hybridized carbons (Fsp3) is 0.800. The van der Waals surface area contributed by atoms with Crippen molar-refractivity contribution in [3.63, 3.8) is 0 Å². The van der Waals surface area contributed by atoms with Gasteiger partial charge in [-0.05, 0) is 19.4 Å². The molecule has 0 aliphatic rings. The van der Waals surface area contributed by atoms with Crippen molar-refractivity contribution in [2.24, 2.45) is 22.2 Å². The van der Waals surface area contributed by atoms with Crippen molar-refractivity contribution < 1.29 is 17.5 Å². The molecule has 0 saturated heterocycles. The van der Waals surface area contributed by atoms with E-state index < -0.39 is 10.4 Å². The van der Waals surface area contributed by atoms with Gasteiger partial charge in [-0.2, -0.15) is 8.42 Å². The van der Waals surface area contributed by atoms with Crippen LogP contribution in [0.2, 0.25) is 0 Å². The quantitative estimate of drug-likeness (QED) is 0.0964. The second-order valence-corrected chi connectivity index (χ2v) is 3.15. The van der Waals surface area contributed by atoms with Gasteiger partial charge < -0.3 is 17.2 Å². The Bertz CT molecular complexity index is 238. The number of nitrogens with zero attached hydrogens (tertiary/aromatic N) is 1. The third-order valence-electron chi connectivity index (χ3n) is 0.907. The minimum absolute atomic E-state index is 0.159. The summed E-state index contributed by atoms with van der Waals surface area (Å²) < 4.78 is 31.6. The summed E-state index contributed by atoms with van der Waals surface area (Å²) in [6.07, 6.45) is 1.95. The summed E-state index contributed by atoms with van der Waals surface area (Å²) >= 11 is 0. The highest BCUT2D eigenvalue weighted by atomic mass is 32.3. The number of nitrogens with two attached hydrogens (primary N) is 3. The first-order chi connectivity index (χ1) is 6.27. The highest BCUT2D eigenvalue weighted by Crippen LogP contribution is 1.84. The largest absolute Gasteiger partial charge is 0.394 e. The van der Waals surface area contributed by atoms with Crippen molar-refractivity contribution >= 4 is 16.4 Å². The number of rotatable bonds is 4. The maximum atomic E-state index is 8.74. The Labute approximate surface area is 82.8 Å². The summed E-state index contributed by atoms with van der Waals surface area (Å²) in [5.74, 6) is 0.159. The smallest absolute Gasteiger partial charge is 0.370 e. The van der Waals surface area contributed by atoms with Crippen LogP contribution in [0.4, 0.5) is 0 Å². The van der Waals surface area contributed by atoms with Gasteiger partial charge in [0.15, 0.2) is 5.96 Å². The molecule has 0 bridgehead atoms. The van der Waals surface area contributed by atoms with Gasteiger partial charge in [-0.3, -0.25) is 14.1 Å². The highest BCUT2D eigenvalue weighted by molar-refractivity contribution is 7.79. The van der Waals surface area contributed by atoms with Gasteiger partial charge in [0.2, 0.25) is 0 Å². The van der Waals surface area contributed by atoms with Crippen LogP contribution in [0.1, 0.15) is 12.8 Å². The van der Waals surface area contributed by atoms with Gasteiger partial charge in [0.05, 0.1) is 0 Å². The standard InChI is InChI=1S/C5H14N4.H2O4S/c6-3-1-2-4-9-5(7)8;1-5(2,3)4/h1-4,6H2,(H4,7,8,9);(H2,1,2,3,4)/i5+1,7+1,8+1;. The van der Waals surface area contributed by atoms with Gasteiger partial charge in [-0.1, -0.05) is 0 Å². The van der Waals surface area contributed by atoms with E-state index in [0.29, 0.717) is 13.1 Å². The Morgan fingerprint density at radius 3 is 1.93 bits per heavy atom. The predicted molar refractivity (Wildman–Crippen MR) is 53.1 cm³/mol. The lowest BCUT2D eigenvalue weighted by molar-refractivity contribution is 0.381. The molecule has 0 amide bonds. The third-order valence-corrected chi connectivity index (χ3v) is 0.907. The minimum Gasteiger partial charge on any atom is -0.370 e. The number of guanidine groups is 1. The molecule has 0 heterocycles. The molecule has 8 N–H and O–H groups in total. The number of aliphatic imine (C=N–C) groups is 1. The van der Waals surface area contributed by atoms with Crippen LogP contribution in [-0.4, -0.2) is 36.6 Å². The molecular formula is C5H16N4O4S. The van der Waals surface area contributed by atoms with Crippen molar-refractivity contribution in [1.82, 2.24) is 0 Å². The summed E-state index contributed by atoms with van der Waals surface area (Å²) in [5.41, 5.74) is 15.4. The van der Waals surface area contributed by atoms with Crippen molar-refractivity contribution in [3.8, 4) is 0 Å². The van der Waals surface area contributed by atoms with E-state index in [-0.39, 0.29) is 5.96 Å². The SMILES string of the molecule is NCCCCN=[13C]([15NH2])[15NH2].O=S(=O)(O)O. The van der Waals surface area contributed by atoms with Crippen LogP contribution in [0, 0.1) is 0 Å². The Hall–Kier alpha value is -0.900. The van der Waals surface area contributed by atoms with Crippen molar-refractivity contribution in [2.45, 2.75) is 12.8 Å². The summed E-state index contributed by atoms with van der Waals surface area (Å²) in [6.45, 7) is 1.40. The highest BCUT2D eigenvalue weighted by Gasteiger charge is 1.84. The topological polar surface area (TPSA) is 165 Å². The van der Waals surface area contributed by atoms with Crippen LogP contribution in [0.3, 0.4) is 0 Å². The van der Waals surface area contributed by atoms with Gasteiger partial charge in [-0.25, -0.2) is 0 Å². The lowest BCUT2D eigenvalue weighted by Gasteiger charge is -1.92. The first-order valence-electron chi connectivity index (χ1n) is 3.72.